The van der Waals surface area contributed by atoms with Crippen LogP contribution < -0.4 is 5.32 Å². The van der Waals surface area contributed by atoms with Crippen molar-refractivity contribution >= 4 is 5.97 Å². The van der Waals surface area contributed by atoms with Crippen LogP contribution in [0, 0.1) is 11.8 Å². The van der Waals surface area contributed by atoms with Crippen LogP contribution in [0.15, 0.2) is 0 Å². The molecule has 0 aliphatic heterocycles. The summed E-state index contributed by atoms with van der Waals surface area (Å²) in [5.41, 5.74) is 0. The van der Waals surface area contributed by atoms with Crippen molar-refractivity contribution in [2.45, 2.75) is 34.1 Å². The predicted octanol–water partition coefficient (Wildman–Crippen LogP) is 1.82. The summed E-state index contributed by atoms with van der Waals surface area (Å²) in [4.78, 5) is 11.0. The van der Waals surface area contributed by atoms with Crippen LogP contribution in [-0.2, 0) is 9.53 Å². The molecule has 0 amide bonds. The van der Waals surface area contributed by atoms with E-state index in [-0.39, 0.29) is 5.97 Å². The van der Waals surface area contributed by atoms with Crippen molar-refractivity contribution < 1.29 is 9.53 Å². The Morgan fingerprint density at radius 1 is 1.36 bits per heavy atom. The lowest BCUT2D eigenvalue weighted by molar-refractivity contribution is -0.142. The van der Waals surface area contributed by atoms with Crippen molar-refractivity contribution in [2.75, 3.05) is 19.7 Å². The van der Waals surface area contributed by atoms with Gasteiger partial charge in [-0.25, -0.2) is 0 Å². The first-order chi connectivity index (χ1) is 6.57. The summed E-state index contributed by atoms with van der Waals surface area (Å²) in [5, 5.41) is 3.25. The van der Waals surface area contributed by atoms with Gasteiger partial charge < -0.3 is 10.1 Å². The zero-order valence-electron chi connectivity index (χ0n) is 9.80. The van der Waals surface area contributed by atoms with Crippen LogP contribution in [0.5, 0.6) is 0 Å². The first kappa shape index (κ1) is 13.4. The fourth-order valence-corrected chi connectivity index (χ4v) is 0.989. The van der Waals surface area contributed by atoms with Gasteiger partial charge in [-0.3, -0.25) is 4.79 Å². The monoisotopic (exact) mass is 201 g/mol. The van der Waals surface area contributed by atoms with E-state index >= 15 is 0 Å². The molecule has 1 N–H and O–H groups in total. The average molecular weight is 201 g/mol. The maximum atomic E-state index is 11.0. The van der Waals surface area contributed by atoms with E-state index in [9.17, 15) is 4.79 Å². The highest BCUT2D eigenvalue weighted by Crippen LogP contribution is 2.07. The highest BCUT2D eigenvalue weighted by atomic mass is 16.5. The van der Waals surface area contributed by atoms with E-state index in [0.29, 0.717) is 24.9 Å². The van der Waals surface area contributed by atoms with E-state index in [0.717, 1.165) is 13.1 Å². The minimum atomic E-state index is -0.114. The van der Waals surface area contributed by atoms with Gasteiger partial charge in [-0.1, -0.05) is 20.8 Å². The molecule has 3 heteroatoms. The molecule has 0 rings (SSSR count). The molecule has 84 valence electrons. The Labute approximate surface area is 87.2 Å². The van der Waals surface area contributed by atoms with Gasteiger partial charge in [0.1, 0.15) is 0 Å². The zero-order valence-corrected chi connectivity index (χ0v) is 9.80. The Morgan fingerprint density at radius 3 is 2.50 bits per heavy atom. The third-order valence-electron chi connectivity index (χ3n) is 2.42. The molecule has 0 radical (unpaired) electrons. The van der Waals surface area contributed by atoms with Crippen molar-refractivity contribution in [3.8, 4) is 0 Å². The van der Waals surface area contributed by atoms with Crippen molar-refractivity contribution in [3.05, 3.63) is 0 Å². The topological polar surface area (TPSA) is 38.3 Å². The summed E-state index contributed by atoms with van der Waals surface area (Å²) in [6, 6.07) is 0. The van der Waals surface area contributed by atoms with Crippen LogP contribution in [0.2, 0.25) is 0 Å². The fourth-order valence-electron chi connectivity index (χ4n) is 0.989. The van der Waals surface area contributed by atoms with E-state index in [1.54, 1.807) is 0 Å². The van der Waals surface area contributed by atoms with Gasteiger partial charge in [0.2, 0.25) is 0 Å². The summed E-state index contributed by atoms with van der Waals surface area (Å²) in [6.45, 7) is 10.6. The number of ether oxygens (including phenoxy) is 1. The van der Waals surface area contributed by atoms with Gasteiger partial charge >= 0.3 is 5.97 Å². The molecule has 0 aliphatic carbocycles. The second kappa shape index (κ2) is 7.80. The molecular formula is C11H23NO2. The molecule has 0 heterocycles. The van der Waals surface area contributed by atoms with Gasteiger partial charge in [-0.15, -0.1) is 0 Å². The number of rotatable bonds is 7. The number of hydrogen-bond donors (Lipinski definition) is 1. The third kappa shape index (κ3) is 6.89. The summed E-state index contributed by atoms with van der Waals surface area (Å²) in [7, 11) is 0. The van der Waals surface area contributed by atoms with Crippen molar-refractivity contribution in [2.24, 2.45) is 11.8 Å². The lowest BCUT2D eigenvalue weighted by atomic mass is 9.98. The Morgan fingerprint density at radius 2 is 2.00 bits per heavy atom. The maximum absolute atomic E-state index is 11.0. The highest BCUT2D eigenvalue weighted by molar-refractivity contribution is 5.69. The quantitative estimate of drug-likeness (QED) is 0.504. The van der Waals surface area contributed by atoms with E-state index in [1.807, 2.05) is 6.92 Å². The van der Waals surface area contributed by atoms with Gasteiger partial charge in [0.25, 0.3) is 0 Å². The summed E-state index contributed by atoms with van der Waals surface area (Å²) in [6.07, 6.45) is 0.471. The summed E-state index contributed by atoms with van der Waals surface area (Å²) < 4.78 is 4.82. The molecule has 0 aromatic heterocycles. The van der Waals surface area contributed by atoms with E-state index < -0.39 is 0 Å². The molecule has 0 aliphatic rings. The number of carbonyl (C=O) groups excluding carboxylic acids is 1. The SMILES string of the molecule is CCOC(=O)CCNCC(C)C(C)C. The van der Waals surface area contributed by atoms with Crippen molar-refractivity contribution in [1.82, 2.24) is 5.32 Å². The third-order valence-corrected chi connectivity index (χ3v) is 2.42. The number of carbonyl (C=O) groups is 1. The van der Waals surface area contributed by atoms with E-state index in [4.69, 9.17) is 4.74 Å². The standard InChI is InChI=1S/C11H23NO2/c1-5-14-11(13)6-7-12-8-10(4)9(2)3/h9-10,12H,5-8H2,1-4H3. The molecule has 14 heavy (non-hydrogen) atoms. The first-order valence-electron chi connectivity index (χ1n) is 5.44. The van der Waals surface area contributed by atoms with E-state index in [1.165, 1.54) is 0 Å². The Kier molecular flexibility index (Phi) is 7.48. The smallest absolute Gasteiger partial charge is 0.307 e. The van der Waals surface area contributed by atoms with E-state index in [2.05, 4.69) is 26.1 Å². The van der Waals surface area contributed by atoms with Crippen molar-refractivity contribution in [3.63, 3.8) is 0 Å². The zero-order chi connectivity index (χ0) is 11.0. The molecule has 0 fully saturated rings. The first-order valence-corrected chi connectivity index (χ1v) is 5.44. The largest absolute Gasteiger partial charge is 0.466 e. The second-order valence-corrected chi connectivity index (χ2v) is 3.98. The Balaban J connectivity index is 3.33. The van der Waals surface area contributed by atoms with Gasteiger partial charge in [-0.2, -0.15) is 0 Å². The van der Waals surface area contributed by atoms with Crippen LogP contribution in [-0.4, -0.2) is 25.7 Å². The van der Waals surface area contributed by atoms with Gasteiger partial charge in [0.05, 0.1) is 13.0 Å². The number of esters is 1. The molecule has 0 saturated heterocycles. The predicted molar refractivity (Wildman–Crippen MR) is 58.1 cm³/mol. The van der Waals surface area contributed by atoms with Gasteiger partial charge in [0.15, 0.2) is 0 Å². The molecule has 0 spiro atoms. The lowest BCUT2D eigenvalue weighted by Gasteiger charge is -2.15. The molecule has 0 saturated carbocycles. The second-order valence-electron chi connectivity index (χ2n) is 3.98. The molecular weight excluding hydrogens is 178 g/mol. The lowest BCUT2D eigenvalue weighted by Crippen LogP contribution is -2.26. The van der Waals surface area contributed by atoms with Gasteiger partial charge in [-0.05, 0) is 25.3 Å². The molecule has 1 unspecified atom stereocenters. The highest BCUT2D eigenvalue weighted by Gasteiger charge is 2.06. The Hall–Kier alpha value is -0.570. The molecule has 1 atom stereocenters. The Bertz CT molecular complexity index is 157. The normalized spacial score (nSPS) is 12.9. The van der Waals surface area contributed by atoms with Crippen LogP contribution in [0.3, 0.4) is 0 Å². The maximum Gasteiger partial charge on any atom is 0.307 e. The summed E-state index contributed by atoms with van der Waals surface area (Å²) in [5.74, 6) is 1.22. The van der Waals surface area contributed by atoms with Crippen LogP contribution >= 0.6 is 0 Å². The van der Waals surface area contributed by atoms with Crippen LogP contribution in [0.4, 0.5) is 0 Å². The van der Waals surface area contributed by atoms with Crippen LogP contribution in [0.25, 0.3) is 0 Å². The average Bonchev–Trinajstić information content (AvgIpc) is 2.12. The molecule has 0 bridgehead atoms. The van der Waals surface area contributed by atoms with Crippen molar-refractivity contribution in [1.29, 1.82) is 0 Å². The number of nitrogens with one attached hydrogen (secondary N) is 1. The number of hydrogen-bond acceptors (Lipinski definition) is 3. The molecule has 3 nitrogen and oxygen atoms in total. The fraction of sp³-hybridized carbons (Fsp3) is 0.909. The van der Waals surface area contributed by atoms with Crippen LogP contribution in [0.1, 0.15) is 34.1 Å². The molecule has 0 aromatic rings. The minimum absolute atomic E-state index is 0.114. The minimum Gasteiger partial charge on any atom is -0.466 e. The molecule has 0 aromatic carbocycles. The summed E-state index contributed by atoms with van der Waals surface area (Å²) >= 11 is 0. The van der Waals surface area contributed by atoms with Gasteiger partial charge in [0, 0.05) is 6.54 Å².